The molecule has 0 unspecified atom stereocenters. The molecule has 0 saturated carbocycles. The van der Waals surface area contributed by atoms with Gasteiger partial charge in [0.05, 0.1) is 10.6 Å². The van der Waals surface area contributed by atoms with Gasteiger partial charge in [0.2, 0.25) is 20.0 Å². The van der Waals surface area contributed by atoms with Crippen LogP contribution >= 0.6 is 15.9 Å². The van der Waals surface area contributed by atoms with E-state index in [0.29, 0.717) is 26.2 Å². The van der Waals surface area contributed by atoms with E-state index in [1.54, 1.807) is 12.1 Å². The maximum atomic E-state index is 12.6. The smallest absolute Gasteiger partial charge is 0.240 e. The summed E-state index contributed by atoms with van der Waals surface area (Å²) in [5.41, 5.74) is 1.20. The predicted octanol–water partition coefficient (Wildman–Crippen LogP) is 1.88. The standard InChI is InChI=1S/C19H24BrN3O4S2/c20-18-6-8-19(9-7-18)29(26,27)21-10-15-28(24,25)23-13-11-22(12-14-23)16-17-4-2-1-3-5-17/h1-9,21H,10-16H2. The molecule has 158 valence electrons. The van der Waals surface area contributed by atoms with Gasteiger partial charge in [-0.1, -0.05) is 46.3 Å². The minimum Gasteiger partial charge on any atom is -0.296 e. The van der Waals surface area contributed by atoms with Crippen LogP contribution in [0.5, 0.6) is 0 Å². The lowest BCUT2D eigenvalue weighted by Crippen LogP contribution is -2.49. The van der Waals surface area contributed by atoms with E-state index in [9.17, 15) is 16.8 Å². The van der Waals surface area contributed by atoms with Crippen molar-refractivity contribution in [1.82, 2.24) is 13.9 Å². The van der Waals surface area contributed by atoms with Crippen molar-refractivity contribution >= 4 is 36.0 Å². The summed E-state index contributed by atoms with van der Waals surface area (Å²) in [6.07, 6.45) is 0. The highest BCUT2D eigenvalue weighted by Crippen LogP contribution is 2.15. The highest BCUT2D eigenvalue weighted by molar-refractivity contribution is 9.10. The Balaban J connectivity index is 1.48. The predicted molar refractivity (Wildman–Crippen MR) is 116 cm³/mol. The Morgan fingerprint density at radius 2 is 1.48 bits per heavy atom. The topological polar surface area (TPSA) is 86.8 Å². The van der Waals surface area contributed by atoms with E-state index in [1.807, 2.05) is 18.2 Å². The summed E-state index contributed by atoms with van der Waals surface area (Å²) in [5.74, 6) is -0.262. The fraction of sp³-hybridized carbons (Fsp3) is 0.368. The number of piperazine rings is 1. The molecule has 1 saturated heterocycles. The normalized spacial score (nSPS) is 16.7. The molecule has 0 radical (unpaired) electrons. The van der Waals surface area contributed by atoms with Crippen LogP contribution in [0.15, 0.2) is 64.0 Å². The number of sulfonamides is 2. The molecule has 3 rings (SSSR count). The van der Waals surface area contributed by atoms with Crippen molar-refractivity contribution in [2.75, 3.05) is 38.5 Å². The van der Waals surface area contributed by atoms with Crippen molar-refractivity contribution in [3.05, 3.63) is 64.6 Å². The van der Waals surface area contributed by atoms with Crippen LogP contribution in [0, 0.1) is 0 Å². The lowest BCUT2D eigenvalue weighted by molar-refractivity contribution is 0.181. The number of nitrogens with zero attached hydrogens (tertiary/aromatic N) is 2. The van der Waals surface area contributed by atoms with E-state index < -0.39 is 20.0 Å². The molecular formula is C19H24BrN3O4S2. The van der Waals surface area contributed by atoms with Crippen LogP contribution in [0.25, 0.3) is 0 Å². The summed E-state index contributed by atoms with van der Waals surface area (Å²) in [5, 5.41) is 0. The van der Waals surface area contributed by atoms with Gasteiger partial charge in [-0.15, -0.1) is 0 Å². The quantitative estimate of drug-likeness (QED) is 0.596. The number of halogens is 1. The van der Waals surface area contributed by atoms with Gasteiger partial charge in [0, 0.05) is 43.7 Å². The lowest BCUT2D eigenvalue weighted by Gasteiger charge is -2.34. The molecule has 1 heterocycles. The lowest BCUT2D eigenvalue weighted by atomic mass is 10.2. The molecule has 29 heavy (non-hydrogen) atoms. The Labute approximate surface area is 180 Å². The number of nitrogens with one attached hydrogen (secondary N) is 1. The highest BCUT2D eigenvalue weighted by atomic mass is 79.9. The van der Waals surface area contributed by atoms with E-state index in [2.05, 4.69) is 37.7 Å². The first-order chi connectivity index (χ1) is 13.8. The van der Waals surface area contributed by atoms with Gasteiger partial charge < -0.3 is 0 Å². The molecule has 1 N–H and O–H groups in total. The summed E-state index contributed by atoms with van der Waals surface area (Å²) in [4.78, 5) is 2.32. The molecule has 1 aliphatic rings. The molecule has 2 aromatic rings. The Bertz CT molecular complexity index is 1010. The van der Waals surface area contributed by atoms with Gasteiger partial charge in [0.15, 0.2) is 0 Å². The third-order valence-corrected chi connectivity index (χ3v) is 8.63. The first-order valence-electron chi connectivity index (χ1n) is 9.26. The number of hydrogen-bond acceptors (Lipinski definition) is 5. The largest absolute Gasteiger partial charge is 0.296 e. The zero-order valence-corrected chi connectivity index (χ0v) is 19.1. The van der Waals surface area contributed by atoms with Gasteiger partial charge in [0.25, 0.3) is 0 Å². The van der Waals surface area contributed by atoms with Crippen molar-refractivity contribution in [3.63, 3.8) is 0 Å². The van der Waals surface area contributed by atoms with Crippen molar-refractivity contribution in [3.8, 4) is 0 Å². The van der Waals surface area contributed by atoms with Crippen LogP contribution in [0.4, 0.5) is 0 Å². The fourth-order valence-electron chi connectivity index (χ4n) is 3.14. The van der Waals surface area contributed by atoms with E-state index in [4.69, 9.17) is 0 Å². The third kappa shape index (κ3) is 6.34. The molecule has 0 spiro atoms. The maximum Gasteiger partial charge on any atom is 0.240 e. The Kier molecular flexibility index (Phi) is 7.47. The SMILES string of the molecule is O=S(=O)(NCCS(=O)(=O)N1CCN(Cc2ccccc2)CC1)c1ccc(Br)cc1. The zero-order chi connectivity index (χ0) is 20.9. The second-order valence-electron chi connectivity index (χ2n) is 6.83. The highest BCUT2D eigenvalue weighted by Gasteiger charge is 2.27. The monoisotopic (exact) mass is 501 g/mol. The van der Waals surface area contributed by atoms with Crippen LogP contribution < -0.4 is 4.72 Å². The van der Waals surface area contributed by atoms with E-state index in [1.165, 1.54) is 22.0 Å². The zero-order valence-electron chi connectivity index (χ0n) is 15.9. The molecule has 0 aromatic heterocycles. The molecule has 0 aliphatic carbocycles. The van der Waals surface area contributed by atoms with Crippen molar-refractivity contribution in [1.29, 1.82) is 0 Å². The second-order valence-corrected chi connectivity index (χ2v) is 11.6. The molecular weight excluding hydrogens is 478 g/mol. The summed E-state index contributed by atoms with van der Waals surface area (Å²) in [7, 11) is -7.25. The van der Waals surface area contributed by atoms with Gasteiger partial charge in [0.1, 0.15) is 0 Å². The first-order valence-corrected chi connectivity index (χ1v) is 13.1. The molecule has 1 fully saturated rings. The van der Waals surface area contributed by atoms with Crippen molar-refractivity contribution in [2.45, 2.75) is 11.4 Å². The Hall–Kier alpha value is -1.30. The summed E-state index contributed by atoms with van der Waals surface area (Å²) in [6, 6.07) is 16.2. The number of benzene rings is 2. The van der Waals surface area contributed by atoms with Gasteiger partial charge in [-0.25, -0.2) is 21.6 Å². The molecule has 7 nitrogen and oxygen atoms in total. The fourth-order valence-corrected chi connectivity index (χ4v) is 5.90. The van der Waals surface area contributed by atoms with Crippen LogP contribution in [-0.4, -0.2) is 64.5 Å². The second kappa shape index (κ2) is 9.67. The molecule has 10 heteroatoms. The summed E-state index contributed by atoms with van der Waals surface area (Å²) >= 11 is 3.25. The van der Waals surface area contributed by atoms with Crippen LogP contribution in [0.1, 0.15) is 5.56 Å². The first kappa shape index (κ1) is 22.4. The Morgan fingerprint density at radius 3 is 2.10 bits per heavy atom. The average molecular weight is 502 g/mol. The molecule has 0 atom stereocenters. The van der Waals surface area contributed by atoms with Gasteiger partial charge in [-0.05, 0) is 29.8 Å². The maximum absolute atomic E-state index is 12.6. The molecule has 1 aliphatic heterocycles. The van der Waals surface area contributed by atoms with E-state index >= 15 is 0 Å². The van der Waals surface area contributed by atoms with Gasteiger partial charge in [-0.3, -0.25) is 4.90 Å². The van der Waals surface area contributed by atoms with Crippen LogP contribution in [0.3, 0.4) is 0 Å². The van der Waals surface area contributed by atoms with Gasteiger partial charge in [-0.2, -0.15) is 4.31 Å². The van der Waals surface area contributed by atoms with E-state index in [-0.39, 0.29) is 17.2 Å². The minimum absolute atomic E-state index is 0.104. The Morgan fingerprint density at radius 1 is 0.862 bits per heavy atom. The number of rotatable bonds is 8. The molecule has 0 amide bonds. The molecule has 0 bridgehead atoms. The van der Waals surface area contributed by atoms with Crippen LogP contribution in [-0.2, 0) is 26.6 Å². The third-order valence-electron chi connectivity index (χ3n) is 4.75. The summed E-state index contributed by atoms with van der Waals surface area (Å²) in [6.45, 7) is 2.76. The molecule has 2 aromatic carbocycles. The average Bonchev–Trinajstić information content (AvgIpc) is 2.69. The minimum atomic E-state index is -3.74. The van der Waals surface area contributed by atoms with Crippen molar-refractivity contribution in [2.24, 2.45) is 0 Å². The van der Waals surface area contributed by atoms with Crippen molar-refractivity contribution < 1.29 is 16.8 Å². The van der Waals surface area contributed by atoms with Crippen LogP contribution in [0.2, 0.25) is 0 Å². The van der Waals surface area contributed by atoms with E-state index in [0.717, 1.165) is 11.0 Å². The number of hydrogen-bond donors (Lipinski definition) is 1. The van der Waals surface area contributed by atoms with Gasteiger partial charge >= 0.3 is 0 Å². The summed E-state index contributed by atoms with van der Waals surface area (Å²) < 4.78 is 54.3.